The smallest absolute Gasteiger partial charge is 0.230 e. The van der Waals surface area contributed by atoms with E-state index in [1.165, 1.54) is 0 Å². The quantitative estimate of drug-likeness (QED) is 0.540. The third-order valence-corrected chi connectivity index (χ3v) is 2.72. The van der Waals surface area contributed by atoms with Gasteiger partial charge in [-0.2, -0.15) is 0 Å². The van der Waals surface area contributed by atoms with Crippen LogP contribution in [0.5, 0.6) is 0 Å². The first-order valence-corrected chi connectivity index (χ1v) is 5.37. The molecule has 0 saturated heterocycles. The van der Waals surface area contributed by atoms with Crippen LogP contribution < -0.4 is 5.73 Å². The summed E-state index contributed by atoms with van der Waals surface area (Å²) in [4.78, 5) is 3.99. The summed E-state index contributed by atoms with van der Waals surface area (Å²) in [7, 11) is 0. The lowest BCUT2D eigenvalue weighted by atomic mass is 10.2. The Labute approximate surface area is 105 Å². The highest BCUT2D eigenvalue weighted by Crippen LogP contribution is 2.30. The van der Waals surface area contributed by atoms with Crippen LogP contribution in [-0.2, 0) is 0 Å². The zero-order chi connectivity index (χ0) is 13.6. The average molecular weight is 264 g/mol. The standard InChI is InChI=1S/C13H7F3N2O/c14-7-5-4-6(10(15)11(7)16)13-18-12-8(17)2-1-3-9(12)19-13/h1-5H,17H2. The van der Waals surface area contributed by atoms with E-state index in [4.69, 9.17) is 10.2 Å². The van der Waals surface area contributed by atoms with Gasteiger partial charge < -0.3 is 10.2 Å². The van der Waals surface area contributed by atoms with Crippen molar-refractivity contribution in [3.63, 3.8) is 0 Å². The van der Waals surface area contributed by atoms with Crippen molar-refractivity contribution in [3.05, 3.63) is 47.8 Å². The SMILES string of the molecule is Nc1cccc2oc(-c3ccc(F)c(F)c3F)nc12. The Morgan fingerprint density at radius 3 is 2.53 bits per heavy atom. The van der Waals surface area contributed by atoms with Crippen LogP contribution in [0.1, 0.15) is 0 Å². The molecule has 0 bridgehead atoms. The molecule has 0 amide bonds. The number of oxazole rings is 1. The van der Waals surface area contributed by atoms with Crippen molar-refractivity contribution in [1.82, 2.24) is 4.98 Å². The third-order valence-electron chi connectivity index (χ3n) is 2.72. The summed E-state index contributed by atoms with van der Waals surface area (Å²) >= 11 is 0. The molecule has 2 N–H and O–H groups in total. The fourth-order valence-electron chi connectivity index (χ4n) is 1.78. The normalized spacial score (nSPS) is 11.1. The van der Waals surface area contributed by atoms with Gasteiger partial charge >= 0.3 is 0 Å². The van der Waals surface area contributed by atoms with Crippen LogP contribution in [0.4, 0.5) is 18.9 Å². The topological polar surface area (TPSA) is 52.0 Å². The Morgan fingerprint density at radius 2 is 1.79 bits per heavy atom. The minimum absolute atomic E-state index is 0.149. The highest BCUT2D eigenvalue weighted by Gasteiger charge is 2.19. The minimum atomic E-state index is -1.56. The summed E-state index contributed by atoms with van der Waals surface area (Å²) < 4.78 is 44.9. The lowest BCUT2D eigenvalue weighted by Crippen LogP contribution is -1.94. The summed E-state index contributed by atoms with van der Waals surface area (Å²) in [6.07, 6.45) is 0. The number of aromatic nitrogens is 1. The lowest BCUT2D eigenvalue weighted by molar-refractivity contribution is 0.446. The molecule has 6 heteroatoms. The number of nitrogens with zero attached hydrogens (tertiary/aromatic N) is 1. The van der Waals surface area contributed by atoms with Gasteiger partial charge in [-0.1, -0.05) is 6.07 Å². The largest absolute Gasteiger partial charge is 0.436 e. The van der Waals surface area contributed by atoms with Crippen molar-refractivity contribution in [2.45, 2.75) is 0 Å². The molecule has 0 aliphatic heterocycles. The van der Waals surface area contributed by atoms with Crippen molar-refractivity contribution in [3.8, 4) is 11.5 Å². The van der Waals surface area contributed by atoms with Crippen LogP contribution >= 0.6 is 0 Å². The second-order valence-electron chi connectivity index (χ2n) is 3.94. The van der Waals surface area contributed by atoms with Gasteiger partial charge in [0.25, 0.3) is 0 Å². The lowest BCUT2D eigenvalue weighted by Gasteiger charge is -1.99. The van der Waals surface area contributed by atoms with E-state index in [-0.39, 0.29) is 11.5 Å². The molecular formula is C13H7F3N2O. The van der Waals surface area contributed by atoms with Gasteiger partial charge in [0.1, 0.15) is 5.52 Å². The van der Waals surface area contributed by atoms with E-state index in [2.05, 4.69) is 4.98 Å². The number of benzene rings is 2. The van der Waals surface area contributed by atoms with Crippen LogP contribution in [0.25, 0.3) is 22.6 Å². The molecule has 0 spiro atoms. The van der Waals surface area contributed by atoms with E-state index in [9.17, 15) is 13.2 Å². The molecule has 0 aliphatic rings. The first-order chi connectivity index (χ1) is 9.08. The summed E-state index contributed by atoms with van der Waals surface area (Å²) in [6, 6.07) is 6.73. The van der Waals surface area contributed by atoms with Gasteiger partial charge in [0.05, 0.1) is 11.3 Å². The van der Waals surface area contributed by atoms with E-state index >= 15 is 0 Å². The van der Waals surface area contributed by atoms with Crippen molar-refractivity contribution >= 4 is 16.8 Å². The van der Waals surface area contributed by atoms with Crippen LogP contribution in [-0.4, -0.2) is 4.98 Å². The van der Waals surface area contributed by atoms with E-state index in [1.54, 1.807) is 18.2 Å². The monoisotopic (exact) mass is 264 g/mol. The van der Waals surface area contributed by atoms with Gasteiger partial charge in [-0.15, -0.1) is 0 Å². The fourth-order valence-corrected chi connectivity index (χ4v) is 1.78. The van der Waals surface area contributed by atoms with Crippen LogP contribution in [0.3, 0.4) is 0 Å². The van der Waals surface area contributed by atoms with Gasteiger partial charge in [0.2, 0.25) is 5.89 Å². The van der Waals surface area contributed by atoms with Crippen molar-refractivity contribution in [2.75, 3.05) is 5.73 Å². The summed E-state index contributed by atoms with van der Waals surface area (Å²) in [5, 5.41) is 0. The van der Waals surface area contributed by atoms with Crippen molar-refractivity contribution in [2.24, 2.45) is 0 Å². The van der Waals surface area contributed by atoms with Gasteiger partial charge in [0.15, 0.2) is 23.0 Å². The molecule has 0 aliphatic carbocycles. The van der Waals surface area contributed by atoms with Gasteiger partial charge in [-0.05, 0) is 24.3 Å². The first kappa shape index (κ1) is 11.6. The maximum atomic E-state index is 13.6. The molecule has 0 atom stereocenters. The molecule has 0 fully saturated rings. The highest BCUT2D eigenvalue weighted by molar-refractivity contribution is 5.87. The number of nitrogens with two attached hydrogens (primary N) is 1. The fraction of sp³-hybridized carbons (Fsp3) is 0. The average Bonchev–Trinajstić information content (AvgIpc) is 2.81. The molecule has 1 aromatic heterocycles. The van der Waals surface area contributed by atoms with E-state index in [1.807, 2.05) is 0 Å². The Morgan fingerprint density at radius 1 is 1.00 bits per heavy atom. The van der Waals surface area contributed by atoms with Crippen LogP contribution in [0, 0.1) is 17.5 Å². The van der Waals surface area contributed by atoms with Crippen LogP contribution in [0.15, 0.2) is 34.7 Å². The number of anilines is 1. The van der Waals surface area contributed by atoms with Gasteiger partial charge in [0, 0.05) is 0 Å². The predicted molar refractivity (Wildman–Crippen MR) is 63.7 cm³/mol. The van der Waals surface area contributed by atoms with Crippen molar-refractivity contribution in [1.29, 1.82) is 0 Å². The zero-order valence-corrected chi connectivity index (χ0v) is 9.45. The molecule has 0 saturated carbocycles. The second kappa shape index (κ2) is 4.01. The molecule has 3 aromatic rings. The molecular weight excluding hydrogens is 257 g/mol. The maximum Gasteiger partial charge on any atom is 0.230 e. The number of nitrogen functional groups attached to an aromatic ring is 1. The molecule has 3 nitrogen and oxygen atoms in total. The Balaban J connectivity index is 2.25. The maximum absolute atomic E-state index is 13.6. The molecule has 19 heavy (non-hydrogen) atoms. The second-order valence-corrected chi connectivity index (χ2v) is 3.94. The Hall–Kier alpha value is -2.50. The molecule has 96 valence electrons. The molecule has 1 heterocycles. The number of fused-ring (bicyclic) bond motifs is 1. The van der Waals surface area contributed by atoms with E-state index in [0.717, 1.165) is 12.1 Å². The highest BCUT2D eigenvalue weighted by atomic mass is 19.2. The van der Waals surface area contributed by atoms with E-state index < -0.39 is 17.5 Å². The first-order valence-electron chi connectivity index (χ1n) is 5.37. The number of hydrogen-bond acceptors (Lipinski definition) is 3. The molecule has 0 radical (unpaired) electrons. The summed E-state index contributed by atoms with van der Waals surface area (Å²) in [6.45, 7) is 0. The minimum Gasteiger partial charge on any atom is -0.436 e. The predicted octanol–water partition coefficient (Wildman–Crippen LogP) is 3.49. The van der Waals surface area contributed by atoms with Crippen LogP contribution in [0.2, 0.25) is 0 Å². The van der Waals surface area contributed by atoms with E-state index in [0.29, 0.717) is 16.8 Å². The Bertz CT molecular complexity index is 783. The molecule has 3 rings (SSSR count). The summed E-state index contributed by atoms with van der Waals surface area (Å²) in [5.74, 6) is -4.32. The Kier molecular flexibility index (Phi) is 2.45. The van der Waals surface area contributed by atoms with Crippen molar-refractivity contribution < 1.29 is 17.6 Å². The number of halogens is 3. The summed E-state index contributed by atoms with van der Waals surface area (Å²) in [5.41, 5.74) is 6.49. The third kappa shape index (κ3) is 1.72. The zero-order valence-electron chi connectivity index (χ0n) is 9.45. The molecule has 0 unspecified atom stereocenters. The van der Waals surface area contributed by atoms with Gasteiger partial charge in [-0.25, -0.2) is 18.2 Å². The number of rotatable bonds is 1. The number of para-hydroxylation sites is 1. The molecule has 2 aromatic carbocycles. The number of hydrogen-bond donors (Lipinski definition) is 1. The van der Waals surface area contributed by atoms with Gasteiger partial charge in [-0.3, -0.25) is 0 Å².